The molecule has 0 amide bonds. The van der Waals surface area contributed by atoms with E-state index in [4.69, 9.17) is 0 Å². The van der Waals surface area contributed by atoms with Gasteiger partial charge in [-0.25, -0.2) is 4.98 Å². The van der Waals surface area contributed by atoms with E-state index >= 15 is 0 Å². The van der Waals surface area contributed by atoms with Crippen LogP contribution in [0.4, 0.5) is 8.78 Å². The smallest absolute Gasteiger partial charge is 0.320 e. The van der Waals surface area contributed by atoms with E-state index in [1.165, 1.54) is 0 Å². The van der Waals surface area contributed by atoms with Crippen LogP contribution in [0.1, 0.15) is 38.1 Å². The van der Waals surface area contributed by atoms with Crippen LogP contribution < -0.4 is 0 Å². The highest BCUT2D eigenvalue weighted by atomic mass is 19.3. The molecule has 0 aliphatic carbocycles. The monoisotopic (exact) mass is 309 g/mol. The number of imidazole rings is 1. The Morgan fingerprint density at radius 2 is 2.09 bits per heavy atom. The Balaban J connectivity index is 1.90. The van der Waals surface area contributed by atoms with Gasteiger partial charge in [-0.3, -0.25) is 9.47 Å². The summed E-state index contributed by atoms with van der Waals surface area (Å²) in [6.07, 6.45) is 3.90. The van der Waals surface area contributed by atoms with Gasteiger partial charge < -0.3 is 5.11 Å². The molecule has 1 atom stereocenters. The number of piperidine rings is 1. The third-order valence-electron chi connectivity index (χ3n) is 4.42. The Morgan fingerprint density at radius 1 is 1.27 bits per heavy atom. The van der Waals surface area contributed by atoms with Crippen molar-refractivity contribution < 1.29 is 13.9 Å². The predicted molar refractivity (Wildman–Crippen MR) is 80.7 cm³/mol. The number of nitrogens with zero attached hydrogens (tertiary/aromatic N) is 3. The molecule has 3 rings (SSSR count). The molecule has 0 saturated carbocycles. The minimum absolute atomic E-state index is 0.131. The summed E-state index contributed by atoms with van der Waals surface area (Å²) in [5.74, 6) is 0.404. The van der Waals surface area contributed by atoms with Crippen molar-refractivity contribution in [1.29, 1.82) is 0 Å². The lowest BCUT2D eigenvalue weighted by Crippen LogP contribution is -2.40. The number of benzene rings is 1. The number of rotatable bonds is 5. The van der Waals surface area contributed by atoms with Crippen molar-refractivity contribution in [3.8, 4) is 0 Å². The number of likely N-dealkylation sites (tertiary alicyclic amines) is 1. The van der Waals surface area contributed by atoms with Gasteiger partial charge in [-0.15, -0.1) is 0 Å². The molecule has 2 aromatic rings. The molecule has 0 radical (unpaired) electrons. The number of hydrogen-bond acceptors (Lipinski definition) is 3. The molecule has 1 aromatic carbocycles. The molecule has 1 aliphatic rings. The Hall–Kier alpha value is -1.53. The number of para-hydroxylation sites is 2. The Labute approximate surface area is 128 Å². The van der Waals surface area contributed by atoms with Gasteiger partial charge in [0.15, 0.2) is 0 Å². The van der Waals surface area contributed by atoms with Gasteiger partial charge in [-0.05, 0) is 37.9 Å². The van der Waals surface area contributed by atoms with Crippen molar-refractivity contribution in [3.05, 3.63) is 30.1 Å². The molecule has 0 spiro atoms. The van der Waals surface area contributed by atoms with Crippen LogP contribution >= 0.6 is 0 Å². The second kappa shape index (κ2) is 6.71. The van der Waals surface area contributed by atoms with Crippen molar-refractivity contribution in [2.24, 2.45) is 0 Å². The highest BCUT2D eigenvalue weighted by Gasteiger charge is 2.25. The largest absolute Gasteiger partial charge is 0.396 e. The summed E-state index contributed by atoms with van der Waals surface area (Å²) in [5.41, 5.74) is 1.08. The lowest BCUT2D eigenvalue weighted by Gasteiger charge is -2.35. The van der Waals surface area contributed by atoms with E-state index in [0.29, 0.717) is 29.8 Å². The fourth-order valence-electron chi connectivity index (χ4n) is 3.35. The zero-order valence-corrected chi connectivity index (χ0v) is 12.5. The van der Waals surface area contributed by atoms with Gasteiger partial charge in [0.25, 0.3) is 0 Å². The van der Waals surface area contributed by atoms with Crippen LogP contribution in [-0.2, 0) is 6.54 Å². The third kappa shape index (κ3) is 2.98. The lowest BCUT2D eigenvalue weighted by molar-refractivity contribution is 0.0613. The van der Waals surface area contributed by atoms with Crippen molar-refractivity contribution in [3.63, 3.8) is 0 Å². The third-order valence-corrected chi connectivity index (χ3v) is 4.42. The second-order valence-electron chi connectivity index (χ2n) is 5.80. The van der Waals surface area contributed by atoms with Crippen LogP contribution in [0.2, 0.25) is 0 Å². The molecule has 2 heterocycles. The van der Waals surface area contributed by atoms with E-state index in [1.807, 2.05) is 6.07 Å². The highest BCUT2D eigenvalue weighted by Crippen LogP contribution is 2.26. The summed E-state index contributed by atoms with van der Waals surface area (Å²) in [4.78, 5) is 6.58. The molecule has 1 fully saturated rings. The van der Waals surface area contributed by atoms with Crippen LogP contribution in [-0.4, -0.2) is 38.8 Å². The molecular formula is C16H21F2N3O. The first kappa shape index (κ1) is 15.4. The molecule has 1 N–H and O–H groups in total. The van der Waals surface area contributed by atoms with E-state index in [0.717, 1.165) is 30.4 Å². The zero-order valence-electron chi connectivity index (χ0n) is 12.5. The molecule has 1 saturated heterocycles. The average molecular weight is 309 g/mol. The normalized spacial score (nSPS) is 20.1. The first-order valence-corrected chi connectivity index (χ1v) is 7.79. The van der Waals surface area contributed by atoms with E-state index in [2.05, 4.69) is 9.88 Å². The van der Waals surface area contributed by atoms with Gasteiger partial charge in [0.1, 0.15) is 5.82 Å². The van der Waals surface area contributed by atoms with E-state index in [9.17, 15) is 13.9 Å². The van der Waals surface area contributed by atoms with Crippen LogP contribution in [0.25, 0.3) is 11.0 Å². The van der Waals surface area contributed by atoms with Crippen molar-refractivity contribution >= 4 is 11.0 Å². The number of hydrogen-bond donors (Lipinski definition) is 1. The summed E-state index contributed by atoms with van der Waals surface area (Å²) in [5, 5.41) is 9.19. The summed E-state index contributed by atoms with van der Waals surface area (Å²) < 4.78 is 27.9. The molecule has 1 unspecified atom stereocenters. The number of alkyl halides is 2. The van der Waals surface area contributed by atoms with E-state index in [-0.39, 0.29) is 12.6 Å². The SMILES string of the molecule is OCCC1CCCCN1Cc1nc2ccccc2n1C(F)F. The van der Waals surface area contributed by atoms with Gasteiger partial charge in [0, 0.05) is 12.6 Å². The van der Waals surface area contributed by atoms with Gasteiger partial charge >= 0.3 is 6.55 Å². The number of aliphatic hydroxyl groups is 1. The fourth-order valence-corrected chi connectivity index (χ4v) is 3.35. The molecule has 4 nitrogen and oxygen atoms in total. The molecule has 6 heteroatoms. The molecule has 0 bridgehead atoms. The molecule has 22 heavy (non-hydrogen) atoms. The number of aliphatic hydroxyl groups excluding tert-OH is 1. The molecule has 120 valence electrons. The van der Waals surface area contributed by atoms with Crippen LogP contribution in [0.3, 0.4) is 0 Å². The van der Waals surface area contributed by atoms with Crippen LogP contribution in [0.5, 0.6) is 0 Å². The summed E-state index contributed by atoms with van der Waals surface area (Å²) in [7, 11) is 0. The Morgan fingerprint density at radius 3 is 2.86 bits per heavy atom. The second-order valence-corrected chi connectivity index (χ2v) is 5.80. The lowest BCUT2D eigenvalue weighted by atomic mass is 10.00. The number of aromatic nitrogens is 2. The first-order valence-electron chi connectivity index (χ1n) is 7.79. The van der Waals surface area contributed by atoms with Crippen molar-refractivity contribution in [1.82, 2.24) is 14.5 Å². The maximum absolute atomic E-state index is 13.5. The standard InChI is InChI=1S/C16H21F2N3O/c17-16(18)21-14-7-2-1-6-13(14)19-15(21)11-20-9-4-3-5-12(20)8-10-22/h1-2,6-7,12,16,22H,3-5,8-11H2. The van der Waals surface area contributed by atoms with Gasteiger partial charge in [-0.1, -0.05) is 18.6 Å². The number of halogens is 2. The first-order chi connectivity index (χ1) is 10.7. The average Bonchev–Trinajstić information content (AvgIpc) is 2.87. The van der Waals surface area contributed by atoms with E-state index in [1.54, 1.807) is 18.2 Å². The van der Waals surface area contributed by atoms with E-state index < -0.39 is 6.55 Å². The number of fused-ring (bicyclic) bond motifs is 1. The summed E-state index contributed by atoms with van der Waals surface area (Å²) >= 11 is 0. The minimum Gasteiger partial charge on any atom is -0.396 e. The maximum Gasteiger partial charge on any atom is 0.320 e. The molecular weight excluding hydrogens is 288 g/mol. The van der Waals surface area contributed by atoms with Gasteiger partial charge in [0.2, 0.25) is 0 Å². The predicted octanol–water partition coefficient (Wildman–Crippen LogP) is 3.17. The van der Waals surface area contributed by atoms with Gasteiger partial charge in [-0.2, -0.15) is 8.78 Å². The molecule has 1 aliphatic heterocycles. The summed E-state index contributed by atoms with van der Waals surface area (Å²) in [6, 6.07) is 7.26. The van der Waals surface area contributed by atoms with Crippen molar-refractivity contribution in [2.75, 3.05) is 13.2 Å². The van der Waals surface area contributed by atoms with Crippen LogP contribution in [0, 0.1) is 0 Å². The van der Waals surface area contributed by atoms with Gasteiger partial charge in [0.05, 0.1) is 17.6 Å². The molecule has 1 aromatic heterocycles. The zero-order chi connectivity index (χ0) is 15.5. The highest BCUT2D eigenvalue weighted by molar-refractivity contribution is 5.75. The fraction of sp³-hybridized carbons (Fsp3) is 0.562. The summed E-state index contributed by atoms with van der Waals surface area (Å²) in [6.45, 7) is -1.18. The Bertz CT molecular complexity index is 627. The minimum atomic E-state index is -2.59. The van der Waals surface area contributed by atoms with Crippen LogP contribution in [0.15, 0.2) is 24.3 Å². The maximum atomic E-state index is 13.5. The Kier molecular flexibility index (Phi) is 4.69. The topological polar surface area (TPSA) is 41.3 Å². The quantitative estimate of drug-likeness (QED) is 0.922. The van der Waals surface area contributed by atoms with Crippen molar-refractivity contribution in [2.45, 2.75) is 44.8 Å².